The van der Waals surface area contributed by atoms with E-state index in [1.807, 2.05) is 0 Å². The summed E-state index contributed by atoms with van der Waals surface area (Å²) >= 11 is 11.9. The third-order valence-electron chi connectivity index (χ3n) is 3.71. The van der Waals surface area contributed by atoms with Crippen LogP contribution in [-0.4, -0.2) is 35.2 Å². The van der Waals surface area contributed by atoms with Crippen LogP contribution in [0, 0.1) is 0 Å². The van der Waals surface area contributed by atoms with Crippen molar-refractivity contribution >= 4 is 35.1 Å². The zero-order chi connectivity index (χ0) is 16.3. The minimum Gasteiger partial charge on any atom is -0.479 e. The lowest BCUT2D eigenvalue weighted by atomic mass is 9.92. The molecule has 2 unspecified atom stereocenters. The van der Waals surface area contributed by atoms with Crippen LogP contribution in [0.4, 0.5) is 0 Å². The van der Waals surface area contributed by atoms with Crippen molar-refractivity contribution in [2.45, 2.75) is 37.8 Å². The molecule has 2 atom stereocenters. The van der Waals surface area contributed by atoms with Gasteiger partial charge in [-0.1, -0.05) is 29.3 Å². The van der Waals surface area contributed by atoms with E-state index in [1.165, 1.54) is 6.92 Å². The molecule has 0 saturated carbocycles. The predicted octanol–water partition coefficient (Wildman–Crippen LogP) is 2.67. The summed E-state index contributed by atoms with van der Waals surface area (Å²) in [6.45, 7) is 1.82. The Hall–Kier alpha value is -1.30. The van der Waals surface area contributed by atoms with Crippen LogP contribution in [0.3, 0.4) is 0 Å². The topological polar surface area (TPSA) is 75.6 Å². The molecule has 1 fully saturated rings. The first-order valence-electron chi connectivity index (χ1n) is 6.91. The van der Waals surface area contributed by atoms with Crippen molar-refractivity contribution in [3.05, 3.63) is 33.8 Å². The number of nitrogens with one attached hydrogen (secondary N) is 1. The van der Waals surface area contributed by atoms with Crippen LogP contribution in [0.1, 0.15) is 25.3 Å². The van der Waals surface area contributed by atoms with Crippen molar-refractivity contribution in [3.8, 4) is 0 Å². The Bertz CT molecular complexity index is 593. The van der Waals surface area contributed by atoms with E-state index in [1.54, 1.807) is 18.2 Å². The highest BCUT2D eigenvalue weighted by Crippen LogP contribution is 2.25. The van der Waals surface area contributed by atoms with Crippen molar-refractivity contribution in [2.24, 2.45) is 0 Å². The normalized spacial score (nSPS) is 24.8. The van der Waals surface area contributed by atoms with Gasteiger partial charge in [0.1, 0.15) is 0 Å². The number of hydrogen-bond acceptors (Lipinski definition) is 3. The van der Waals surface area contributed by atoms with Gasteiger partial charge in [0.25, 0.3) is 0 Å². The second kappa shape index (κ2) is 6.86. The van der Waals surface area contributed by atoms with E-state index in [2.05, 4.69) is 5.32 Å². The Balaban J connectivity index is 1.96. The number of benzene rings is 1. The summed E-state index contributed by atoms with van der Waals surface area (Å²) in [6, 6.07) is 4.73. The van der Waals surface area contributed by atoms with Crippen molar-refractivity contribution in [2.75, 3.05) is 6.61 Å². The van der Waals surface area contributed by atoms with Crippen LogP contribution in [0.5, 0.6) is 0 Å². The molecule has 1 heterocycles. The van der Waals surface area contributed by atoms with Crippen molar-refractivity contribution < 1.29 is 19.4 Å². The number of carboxylic acids is 1. The predicted molar refractivity (Wildman–Crippen MR) is 83.3 cm³/mol. The minimum atomic E-state index is -1.26. The minimum absolute atomic E-state index is 0.122. The van der Waals surface area contributed by atoms with Crippen molar-refractivity contribution in [1.82, 2.24) is 5.32 Å². The molecule has 2 rings (SSSR count). The van der Waals surface area contributed by atoms with Gasteiger partial charge in [-0.25, -0.2) is 4.79 Å². The lowest BCUT2D eigenvalue weighted by molar-refractivity contribution is -0.171. The molecule has 0 bridgehead atoms. The van der Waals surface area contributed by atoms with Gasteiger partial charge in [0, 0.05) is 22.5 Å². The monoisotopic (exact) mass is 345 g/mol. The standard InChI is InChI=1S/C15H17Cl2NO4/c1-15(14(20)21)8-11(4-5-22-15)18-13(19)6-9-2-3-10(16)7-12(9)17/h2-3,7,11H,4-6,8H2,1H3,(H,18,19)(H,20,21). The fourth-order valence-corrected chi connectivity index (χ4v) is 2.92. The second-order valence-electron chi connectivity index (χ2n) is 5.55. The summed E-state index contributed by atoms with van der Waals surface area (Å²) in [7, 11) is 0. The second-order valence-corrected chi connectivity index (χ2v) is 6.40. The first kappa shape index (κ1) is 17.1. The summed E-state index contributed by atoms with van der Waals surface area (Å²) in [5, 5.41) is 13.0. The van der Waals surface area contributed by atoms with Gasteiger partial charge in [0.15, 0.2) is 5.60 Å². The lowest BCUT2D eigenvalue weighted by Crippen LogP contribution is -2.51. The fraction of sp³-hybridized carbons (Fsp3) is 0.467. The molecule has 0 radical (unpaired) electrons. The highest BCUT2D eigenvalue weighted by Gasteiger charge is 2.40. The van der Waals surface area contributed by atoms with Gasteiger partial charge in [-0.2, -0.15) is 0 Å². The Morgan fingerprint density at radius 1 is 1.45 bits per heavy atom. The van der Waals surface area contributed by atoms with Crippen molar-refractivity contribution in [1.29, 1.82) is 0 Å². The Labute approximate surface area is 138 Å². The number of amides is 1. The smallest absolute Gasteiger partial charge is 0.335 e. The number of rotatable bonds is 4. The number of halogens is 2. The van der Waals surface area contributed by atoms with Gasteiger partial charge in [-0.15, -0.1) is 0 Å². The third kappa shape index (κ3) is 4.12. The molecule has 0 spiro atoms. The van der Waals surface area contributed by atoms with Gasteiger partial charge in [0.2, 0.25) is 5.91 Å². The lowest BCUT2D eigenvalue weighted by Gasteiger charge is -2.35. The van der Waals surface area contributed by atoms with Gasteiger partial charge >= 0.3 is 5.97 Å². The van der Waals surface area contributed by atoms with Crippen LogP contribution in [-0.2, 0) is 20.7 Å². The van der Waals surface area contributed by atoms with E-state index in [0.29, 0.717) is 28.6 Å². The molecule has 0 aromatic heterocycles. The maximum Gasteiger partial charge on any atom is 0.335 e. The summed E-state index contributed by atoms with van der Waals surface area (Å²) in [6.07, 6.45) is 0.947. The Morgan fingerprint density at radius 3 is 2.82 bits per heavy atom. The molecule has 0 aliphatic carbocycles. The zero-order valence-corrected chi connectivity index (χ0v) is 13.6. The molecule has 1 aromatic rings. The van der Waals surface area contributed by atoms with E-state index in [0.717, 1.165) is 0 Å². The molecule has 7 heteroatoms. The molecule has 5 nitrogen and oxygen atoms in total. The molecule has 1 amide bonds. The van der Waals surface area contributed by atoms with E-state index in [-0.39, 0.29) is 24.8 Å². The number of carboxylic acid groups (broad SMARTS) is 1. The van der Waals surface area contributed by atoms with Crippen LogP contribution in [0.15, 0.2) is 18.2 Å². The largest absolute Gasteiger partial charge is 0.479 e. The number of ether oxygens (including phenoxy) is 1. The van der Waals surface area contributed by atoms with Crippen LogP contribution in [0.2, 0.25) is 10.0 Å². The van der Waals surface area contributed by atoms with Gasteiger partial charge in [-0.3, -0.25) is 4.79 Å². The number of carbonyl (C=O) groups is 2. The van der Waals surface area contributed by atoms with Crippen LogP contribution < -0.4 is 5.32 Å². The van der Waals surface area contributed by atoms with Crippen LogP contribution in [0.25, 0.3) is 0 Å². The molecule has 120 valence electrons. The maximum absolute atomic E-state index is 12.1. The summed E-state index contributed by atoms with van der Waals surface area (Å²) in [5.74, 6) is -1.23. The summed E-state index contributed by atoms with van der Waals surface area (Å²) in [5.41, 5.74) is -0.578. The van der Waals surface area contributed by atoms with E-state index < -0.39 is 11.6 Å². The van der Waals surface area contributed by atoms with Gasteiger partial charge in [0.05, 0.1) is 13.0 Å². The maximum atomic E-state index is 12.1. The number of aliphatic carboxylic acids is 1. The van der Waals surface area contributed by atoms with Gasteiger partial charge in [-0.05, 0) is 31.0 Å². The van der Waals surface area contributed by atoms with Gasteiger partial charge < -0.3 is 15.2 Å². The molecule has 1 aliphatic rings. The molecule has 1 aromatic carbocycles. The van der Waals surface area contributed by atoms with Crippen molar-refractivity contribution in [3.63, 3.8) is 0 Å². The molecule has 22 heavy (non-hydrogen) atoms. The molecular formula is C15H17Cl2NO4. The number of hydrogen-bond donors (Lipinski definition) is 2. The van der Waals surface area contributed by atoms with Crippen LogP contribution >= 0.6 is 23.2 Å². The van der Waals surface area contributed by atoms with E-state index >= 15 is 0 Å². The average Bonchev–Trinajstić information content (AvgIpc) is 2.42. The molecule has 1 saturated heterocycles. The molecule has 1 aliphatic heterocycles. The van der Waals surface area contributed by atoms with E-state index in [9.17, 15) is 14.7 Å². The Morgan fingerprint density at radius 2 is 2.18 bits per heavy atom. The quantitative estimate of drug-likeness (QED) is 0.879. The first-order valence-corrected chi connectivity index (χ1v) is 7.66. The molecular weight excluding hydrogens is 329 g/mol. The molecule has 2 N–H and O–H groups in total. The number of carbonyl (C=O) groups excluding carboxylic acids is 1. The average molecular weight is 346 g/mol. The van der Waals surface area contributed by atoms with E-state index in [4.69, 9.17) is 27.9 Å². The highest BCUT2D eigenvalue weighted by molar-refractivity contribution is 6.35. The SMILES string of the molecule is CC1(C(=O)O)CC(NC(=O)Cc2ccc(Cl)cc2Cl)CCO1. The first-order chi connectivity index (χ1) is 10.3. The zero-order valence-electron chi connectivity index (χ0n) is 12.1. The fourth-order valence-electron chi connectivity index (χ4n) is 2.45. The summed E-state index contributed by atoms with van der Waals surface area (Å²) in [4.78, 5) is 23.3. The highest BCUT2D eigenvalue weighted by atomic mass is 35.5. The Kier molecular flexibility index (Phi) is 5.32. The summed E-state index contributed by atoms with van der Waals surface area (Å²) < 4.78 is 5.30. The third-order valence-corrected chi connectivity index (χ3v) is 4.29.